The topological polar surface area (TPSA) is 154 Å². The quantitative estimate of drug-likeness (QED) is 0.293. The Balaban J connectivity index is 1.37. The second-order valence-corrected chi connectivity index (χ2v) is 10.8. The number of carbonyl (C=O) groups excluding carboxylic acids is 1. The molecule has 0 spiro atoms. The first-order valence-electron chi connectivity index (χ1n) is 11.9. The molecule has 200 valence electrons. The standard InChI is InChI=1S/C25H27ClN6O5S/c26-20-14-17(9-10-22(20)32-13-4-6-18(16-32)30-25-27-11-5-12-28-25)23(33)29-15-21(24(34)35)31-38(36,37)19-7-2-1-3-8-19/h1-3,5,7-12,14,18,21,31H,4,6,13,15-16H2,(H,29,33)(H,34,35)(H,27,28,30)/t18-,21-/m0/s1. The molecule has 1 aliphatic heterocycles. The second-order valence-electron chi connectivity index (χ2n) is 8.70. The molecule has 1 aromatic heterocycles. The van der Waals surface area contributed by atoms with Gasteiger partial charge in [0, 0.05) is 43.6 Å². The van der Waals surface area contributed by atoms with Gasteiger partial charge >= 0.3 is 5.97 Å². The summed E-state index contributed by atoms with van der Waals surface area (Å²) in [5.41, 5.74) is 0.987. The van der Waals surface area contributed by atoms with Gasteiger partial charge < -0.3 is 20.6 Å². The lowest BCUT2D eigenvalue weighted by atomic mass is 10.0. The zero-order valence-electron chi connectivity index (χ0n) is 20.2. The fourth-order valence-corrected chi connectivity index (χ4v) is 5.62. The number of rotatable bonds is 10. The Morgan fingerprint density at radius 2 is 1.84 bits per heavy atom. The van der Waals surface area contributed by atoms with Crippen LogP contribution in [0.4, 0.5) is 11.6 Å². The fourth-order valence-electron chi connectivity index (χ4n) is 4.11. The van der Waals surface area contributed by atoms with Crippen molar-refractivity contribution in [2.24, 2.45) is 0 Å². The average molecular weight is 559 g/mol. The molecule has 1 fully saturated rings. The molecule has 0 aliphatic carbocycles. The van der Waals surface area contributed by atoms with Gasteiger partial charge in [0.05, 0.1) is 15.6 Å². The average Bonchev–Trinajstić information content (AvgIpc) is 2.92. The van der Waals surface area contributed by atoms with E-state index >= 15 is 0 Å². The number of carboxylic acids is 1. The number of piperidine rings is 1. The Labute approximate surface area is 225 Å². The molecule has 1 aliphatic rings. The predicted molar refractivity (Wildman–Crippen MR) is 143 cm³/mol. The van der Waals surface area contributed by atoms with Crippen molar-refractivity contribution in [1.82, 2.24) is 20.0 Å². The molecule has 0 unspecified atom stereocenters. The zero-order chi connectivity index (χ0) is 27.1. The highest BCUT2D eigenvalue weighted by atomic mass is 35.5. The molecule has 0 saturated carbocycles. The van der Waals surface area contributed by atoms with Crippen LogP contribution >= 0.6 is 11.6 Å². The first-order chi connectivity index (χ1) is 18.2. The minimum Gasteiger partial charge on any atom is -0.480 e. The van der Waals surface area contributed by atoms with Crippen LogP contribution in [0, 0.1) is 0 Å². The van der Waals surface area contributed by atoms with Crippen LogP contribution in [-0.4, -0.2) is 67.1 Å². The van der Waals surface area contributed by atoms with Crippen LogP contribution in [0.3, 0.4) is 0 Å². The highest BCUT2D eigenvalue weighted by Crippen LogP contribution is 2.30. The summed E-state index contributed by atoms with van der Waals surface area (Å²) < 4.78 is 27.1. The lowest BCUT2D eigenvalue weighted by Crippen LogP contribution is -2.48. The van der Waals surface area contributed by atoms with Crippen molar-refractivity contribution < 1.29 is 23.1 Å². The number of nitrogens with one attached hydrogen (secondary N) is 3. The highest BCUT2D eigenvalue weighted by molar-refractivity contribution is 7.89. The molecule has 4 N–H and O–H groups in total. The smallest absolute Gasteiger partial charge is 0.323 e. The Morgan fingerprint density at radius 1 is 1.11 bits per heavy atom. The van der Waals surface area contributed by atoms with E-state index in [2.05, 4.69) is 30.2 Å². The maximum absolute atomic E-state index is 12.7. The van der Waals surface area contributed by atoms with Gasteiger partial charge in [0.15, 0.2) is 0 Å². The molecular weight excluding hydrogens is 532 g/mol. The summed E-state index contributed by atoms with van der Waals surface area (Å²) in [4.78, 5) is 34.8. The Bertz CT molecular complexity index is 1380. The van der Waals surface area contributed by atoms with E-state index in [4.69, 9.17) is 11.6 Å². The van der Waals surface area contributed by atoms with E-state index in [1.807, 2.05) is 0 Å². The van der Waals surface area contributed by atoms with Gasteiger partial charge in [-0.05, 0) is 49.2 Å². The number of aliphatic carboxylic acids is 1. The number of hydrogen-bond acceptors (Lipinski definition) is 8. The van der Waals surface area contributed by atoms with Gasteiger partial charge in [0.25, 0.3) is 5.91 Å². The van der Waals surface area contributed by atoms with Crippen molar-refractivity contribution in [2.45, 2.75) is 29.8 Å². The van der Waals surface area contributed by atoms with Gasteiger partial charge in [0.2, 0.25) is 16.0 Å². The third-order valence-corrected chi connectivity index (χ3v) is 7.78. The summed E-state index contributed by atoms with van der Waals surface area (Å²) in [7, 11) is -4.09. The van der Waals surface area contributed by atoms with Crippen molar-refractivity contribution in [3.63, 3.8) is 0 Å². The molecule has 1 saturated heterocycles. The van der Waals surface area contributed by atoms with Gasteiger partial charge in [-0.15, -0.1) is 0 Å². The number of halogens is 1. The number of aromatic nitrogens is 2. The van der Waals surface area contributed by atoms with E-state index in [1.165, 1.54) is 30.3 Å². The molecule has 2 atom stereocenters. The van der Waals surface area contributed by atoms with Crippen LogP contribution in [0.15, 0.2) is 71.9 Å². The Hall–Kier alpha value is -3.74. The SMILES string of the molecule is O=C(NC[C@H](NS(=O)(=O)c1ccccc1)C(=O)O)c1ccc(N2CCC[C@H](Nc3ncccn3)C2)c(Cl)c1. The van der Waals surface area contributed by atoms with Gasteiger partial charge in [-0.1, -0.05) is 29.8 Å². The van der Waals surface area contributed by atoms with Crippen molar-refractivity contribution in [2.75, 3.05) is 29.9 Å². The molecule has 1 amide bonds. The molecule has 0 bridgehead atoms. The number of carbonyl (C=O) groups is 2. The maximum atomic E-state index is 12.7. The van der Waals surface area contributed by atoms with E-state index in [-0.39, 0.29) is 16.5 Å². The largest absolute Gasteiger partial charge is 0.480 e. The molecule has 11 nitrogen and oxygen atoms in total. The number of hydrogen-bond donors (Lipinski definition) is 4. The van der Waals surface area contributed by atoms with E-state index in [9.17, 15) is 23.1 Å². The van der Waals surface area contributed by atoms with Gasteiger partial charge in [0.1, 0.15) is 6.04 Å². The summed E-state index contributed by atoms with van der Waals surface area (Å²) >= 11 is 6.53. The third kappa shape index (κ3) is 6.97. The minimum atomic E-state index is -4.09. The monoisotopic (exact) mass is 558 g/mol. The molecule has 13 heteroatoms. The molecule has 2 heterocycles. The van der Waals surface area contributed by atoms with Crippen molar-refractivity contribution in [1.29, 1.82) is 0 Å². The number of nitrogens with zero attached hydrogens (tertiary/aromatic N) is 3. The van der Waals surface area contributed by atoms with Crippen LogP contribution in [0.1, 0.15) is 23.2 Å². The molecule has 3 aromatic rings. The van der Waals surface area contributed by atoms with Crippen molar-refractivity contribution >= 4 is 45.1 Å². The number of sulfonamides is 1. The molecular formula is C25H27ClN6O5S. The molecule has 0 radical (unpaired) electrons. The molecule has 2 aromatic carbocycles. The Morgan fingerprint density at radius 3 is 2.53 bits per heavy atom. The van der Waals surface area contributed by atoms with Crippen molar-refractivity contribution in [3.05, 3.63) is 77.6 Å². The lowest BCUT2D eigenvalue weighted by Gasteiger charge is -2.35. The van der Waals surface area contributed by atoms with Gasteiger partial charge in [-0.2, -0.15) is 4.72 Å². The van der Waals surface area contributed by atoms with Crippen LogP contribution in [0.25, 0.3) is 0 Å². The number of carboxylic acid groups (broad SMARTS) is 1. The van der Waals surface area contributed by atoms with Crippen molar-refractivity contribution in [3.8, 4) is 0 Å². The van der Waals surface area contributed by atoms with Gasteiger partial charge in [-0.3, -0.25) is 9.59 Å². The van der Waals surface area contributed by atoms with E-state index < -0.39 is 34.5 Å². The first-order valence-corrected chi connectivity index (χ1v) is 13.8. The number of amides is 1. The maximum Gasteiger partial charge on any atom is 0.323 e. The molecule has 4 rings (SSSR count). The summed E-state index contributed by atoms with van der Waals surface area (Å²) in [5.74, 6) is -1.45. The van der Waals surface area contributed by atoms with E-state index in [0.29, 0.717) is 17.5 Å². The van der Waals surface area contributed by atoms with Crippen LogP contribution in [0.2, 0.25) is 5.02 Å². The fraction of sp³-hybridized carbons (Fsp3) is 0.280. The number of benzene rings is 2. The predicted octanol–water partition coefficient (Wildman–Crippen LogP) is 2.37. The van der Waals surface area contributed by atoms with Crippen LogP contribution in [0.5, 0.6) is 0 Å². The number of anilines is 2. The molecule has 38 heavy (non-hydrogen) atoms. The first kappa shape index (κ1) is 27.3. The second kappa shape index (κ2) is 12.2. The van der Waals surface area contributed by atoms with E-state index in [0.717, 1.165) is 25.1 Å². The lowest BCUT2D eigenvalue weighted by molar-refractivity contribution is -0.138. The van der Waals surface area contributed by atoms with Crippen LogP contribution in [-0.2, 0) is 14.8 Å². The summed E-state index contributed by atoms with van der Waals surface area (Å²) in [6.45, 7) is 1.01. The third-order valence-electron chi connectivity index (χ3n) is 5.99. The summed E-state index contributed by atoms with van der Waals surface area (Å²) in [5, 5.41) is 15.7. The van der Waals surface area contributed by atoms with E-state index in [1.54, 1.807) is 36.7 Å². The van der Waals surface area contributed by atoms with Gasteiger partial charge in [-0.25, -0.2) is 18.4 Å². The normalized spacial score (nSPS) is 16.4. The summed E-state index contributed by atoms with van der Waals surface area (Å²) in [6.07, 6.45) is 5.23. The van der Waals surface area contributed by atoms with Crippen LogP contribution < -0.4 is 20.3 Å². The minimum absolute atomic E-state index is 0.0774. The highest BCUT2D eigenvalue weighted by Gasteiger charge is 2.27. The Kier molecular flexibility index (Phi) is 8.77. The summed E-state index contributed by atoms with van der Waals surface area (Å²) in [6, 6.07) is 12.5. The zero-order valence-corrected chi connectivity index (χ0v) is 21.8.